The molecule has 2 aromatic heterocycles. The fourth-order valence-electron chi connectivity index (χ4n) is 5.00. The smallest absolute Gasteiger partial charge is 0.346 e. The first-order valence-corrected chi connectivity index (χ1v) is 11.5. The van der Waals surface area contributed by atoms with Gasteiger partial charge in [-0.15, -0.1) is 0 Å². The van der Waals surface area contributed by atoms with E-state index >= 15 is 0 Å². The lowest BCUT2D eigenvalue weighted by atomic mass is 9.76. The summed E-state index contributed by atoms with van der Waals surface area (Å²) >= 11 is 0. The summed E-state index contributed by atoms with van der Waals surface area (Å²) in [7, 11) is 0. The third kappa shape index (κ3) is 4.22. The first kappa shape index (κ1) is 21.0. The summed E-state index contributed by atoms with van der Waals surface area (Å²) in [6.45, 7) is 7.93. The van der Waals surface area contributed by atoms with Crippen LogP contribution in [0.2, 0.25) is 0 Å². The van der Waals surface area contributed by atoms with Crippen LogP contribution in [0.15, 0.2) is 51.2 Å². The molecule has 3 heterocycles. The van der Waals surface area contributed by atoms with Crippen LogP contribution >= 0.6 is 0 Å². The van der Waals surface area contributed by atoms with E-state index in [2.05, 4.69) is 49.5 Å². The van der Waals surface area contributed by atoms with Crippen molar-refractivity contribution < 1.29 is 9.15 Å². The second-order valence-electron chi connectivity index (χ2n) is 9.39. The van der Waals surface area contributed by atoms with E-state index in [1.807, 2.05) is 12.1 Å². The lowest BCUT2D eigenvalue weighted by molar-refractivity contribution is 0.140. The van der Waals surface area contributed by atoms with Gasteiger partial charge in [-0.3, -0.25) is 4.98 Å². The molecule has 1 aliphatic heterocycles. The molecule has 1 fully saturated rings. The zero-order chi connectivity index (χ0) is 22.2. The van der Waals surface area contributed by atoms with Crippen molar-refractivity contribution in [3.8, 4) is 5.75 Å². The predicted molar refractivity (Wildman–Crippen MR) is 127 cm³/mol. The first-order valence-electron chi connectivity index (χ1n) is 11.5. The molecule has 3 aromatic rings. The van der Waals surface area contributed by atoms with Crippen molar-refractivity contribution in [1.82, 2.24) is 10.3 Å². The molecule has 1 unspecified atom stereocenters. The van der Waals surface area contributed by atoms with Gasteiger partial charge in [0.05, 0.1) is 11.2 Å². The molecule has 1 aromatic carbocycles. The number of aryl methyl sites for hydroxylation is 2. The molecule has 3 atom stereocenters. The molecule has 0 saturated heterocycles. The fraction of sp³-hybridized carbons (Fsp3) is 0.407. The van der Waals surface area contributed by atoms with Crippen LogP contribution < -0.4 is 15.7 Å². The van der Waals surface area contributed by atoms with Gasteiger partial charge in [0.2, 0.25) is 0 Å². The number of ether oxygens (including phenoxy) is 1. The molecular weight excluding hydrogens is 400 g/mol. The van der Waals surface area contributed by atoms with E-state index in [1.165, 1.54) is 16.5 Å². The number of fused-ring (bicyclic) bond motifs is 3. The number of hydrogen-bond donors (Lipinski definition) is 1. The zero-order valence-corrected chi connectivity index (χ0v) is 19.0. The van der Waals surface area contributed by atoms with Crippen molar-refractivity contribution in [3.05, 3.63) is 75.0 Å². The van der Waals surface area contributed by atoms with Gasteiger partial charge in [-0.05, 0) is 81.3 Å². The Bertz CT molecular complexity index is 1240. The molecule has 0 amide bonds. The fourth-order valence-corrected chi connectivity index (χ4v) is 5.00. The topological polar surface area (TPSA) is 64.4 Å². The van der Waals surface area contributed by atoms with Crippen LogP contribution in [0.25, 0.3) is 17.0 Å². The minimum atomic E-state index is -0.303. The Hall–Kier alpha value is -2.92. The molecule has 1 N–H and O–H groups in total. The Morgan fingerprint density at radius 1 is 1.19 bits per heavy atom. The number of hydrogen-bond acceptors (Lipinski definition) is 5. The molecule has 0 bridgehead atoms. The van der Waals surface area contributed by atoms with Crippen LogP contribution in [0.1, 0.15) is 48.8 Å². The molecule has 5 rings (SSSR count). The zero-order valence-electron chi connectivity index (χ0n) is 19.0. The van der Waals surface area contributed by atoms with Gasteiger partial charge in [0.1, 0.15) is 23.2 Å². The average molecular weight is 431 g/mol. The molecule has 166 valence electrons. The third-order valence-corrected chi connectivity index (χ3v) is 6.89. The molecule has 5 nitrogen and oxygen atoms in total. The van der Waals surface area contributed by atoms with Crippen molar-refractivity contribution in [2.75, 3.05) is 6.54 Å². The normalized spacial score (nSPS) is 20.8. The van der Waals surface area contributed by atoms with Gasteiger partial charge >= 0.3 is 5.63 Å². The van der Waals surface area contributed by atoms with Crippen molar-refractivity contribution >= 4 is 17.0 Å². The van der Waals surface area contributed by atoms with Gasteiger partial charge in [0.25, 0.3) is 0 Å². The number of rotatable bonds is 5. The summed E-state index contributed by atoms with van der Waals surface area (Å²) in [6, 6.07) is 12.5. The van der Waals surface area contributed by atoms with E-state index in [4.69, 9.17) is 14.1 Å². The maximum absolute atomic E-state index is 12.1. The van der Waals surface area contributed by atoms with Gasteiger partial charge in [0, 0.05) is 18.0 Å². The third-order valence-electron chi connectivity index (χ3n) is 6.89. The van der Waals surface area contributed by atoms with Gasteiger partial charge in [-0.1, -0.05) is 24.6 Å². The molecule has 32 heavy (non-hydrogen) atoms. The molecule has 1 aliphatic carbocycles. The summed E-state index contributed by atoms with van der Waals surface area (Å²) in [4.78, 5) is 16.9. The quantitative estimate of drug-likeness (QED) is 0.605. The lowest BCUT2D eigenvalue weighted by Gasteiger charge is -2.37. The molecule has 5 heteroatoms. The standard InChI is InChI=1S/C27H30N2O3/c1-16-4-9-24-20(10-16)7-8-22(29-24)15-28-14-17(2)19-5-6-21-12-23-26(32-25(21)13-19)11-18(3)31-27(23)30/h4,7-12,17,19,25,28H,5-6,13-15H2,1-3H3/t17?,19-,25-/m0/s1. The van der Waals surface area contributed by atoms with Crippen LogP contribution in [-0.4, -0.2) is 17.6 Å². The van der Waals surface area contributed by atoms with Crippen molar-refractivity contribution in [3.63, 3.8) is 0 Å². The van der Waals surface area contributed by atoms with Gasteiger partial charge in [-0.25, -0.2) is 4.79 Å². The summed E-state index contributed by atoms with van der Waals surface area (Å²) in [5.41, 5.74) is 4.86. The average Bonchev–Trinajstić information content (AvgIpc) is 2.77. The second kappa shape index (κ2) is 8.55. The van der Waals surface area contributed by atoms with Crippen LogP contribution in [0.4, 0.5) is 0 Å². The maximum atomic E-state index is 12.1. The minimum absolute atomic E-state index is 0.0653. The highest BCUT2D eigenvalue weighted by Gasteiger charge is 2.33. The van der Waals surface area contributed by atoms with Crippen LogP contribution in [0.3, 0.4) is 0 Å². The van der Waals surface area contributed by atoms with E-state index in [0.717, 1.165) is 43.6 Å². The molecule has 0 radical (unpaired) electrons. The molecule has 1 saturated carbocycles. The number of nitrogens with one attached hydrogen (secondary N) is 1. The number of benzene rings is 1. The SMILES string of the molecule is Cc1ccc2nc(CNCC(C)[C@H]3CCC4=Cc5c(cc(C)oc5=O)O[C@H]4C3)ccc2c1. The van der Waals surface area contributed by atoms with E-state index in [-0.39, 0.29) is 11.7 Å². The van der Waals surface area contributed by atoms with E-state index in [9.17, 15) is 4.79 Å². The number of pyridine rings is 1. The highest BCUT2D eigenvalue weighted by molar-refractivity contribution is 5.79. The lowest BCUT2D eigenvalue weighted by Crippen LogP contribution is -2.36. The highest BCUT2D eigenvalue weighted by atomic mass is 16.5. The van der Waals surface area contributed by atoms with Crippen LogP contribution in [0.5, 0.6) is 5.75 Å². The van der Waals surface area contributed by atoms with Crippen molar-refractivity contribution in [2.24, 2.45) is 11.8 Å². The number of nitrogens with zero attached hydrogens (tertiary/aromatic N) is 1. The number of aromatic nitrogens is 1. The Balaban J connectivity index is 1.18. The highest BCUT2D eigenvalue weighted by Crippen LogP contribution is 2.40. The van der Waals surface area contributed by atoms with E-state index in [0.29, 0.717) is 28.9 Å². The molecular formula is C27H30N2O3. The molecule has 0 spiro atoms. The van der Waals surface area contributed by atoms with Gasteiger partial charge in [0.15, 0.2) is 0 Å². The maximum Gasteiger partial charge on any atom is 0.346 e. The summed E-state index contributed by atoms with van der Waals surface area (Å²) in [5, 5.41) is 4.80. The van der Waals surface area contributed by atoms with E-state index in [1.54, 1.807) is 6.92 Å². The largest absolute Gasteiger partial charge is 0.485 e. The predicted octanol–water partition coefficient (Wildman–Crippen LogP) is 5.18. The summed E-state index contributed by atoms with van der Waals surface area (Å²) in [5.74, 6) is 2.37. The Morgan fingerprint density at radius 3 is 2.94 bits per heavy atom. The summed E-state index contributed by atoms with van der Waals surface area (Å²) < 4.78 is 11.5. The second-order valence-corrected chi connectivity index (χ2v) is 9.39. The van der Waals surface area contributed by atoms with Crippen LogP contribution in [-0.2, 0) is 6.54 Å². The Kier molecular flexibility index (Phi) is 5.60. The summed E-state index contributed by atoms with van der Waals surface area (Å²) in [6.07, 6.45) is 5.14. The monoisotopic (exact) mass is 430 g/mol. The molecule has 2 aliphatic rings. The Morgan fingerprint density at radius 2 is 2.06 bits per heavy atom. The minimum Gasteiger partial charge on any atom is -0.485 e. The van der Waals surface area contributed by atoms with Crippen molar-refractivity contribution in [1.29, 1.82) is 0 Å². The first-order chi connectivity index (χ1) is 15.5. The van der Waals surface area contributed by atoms with Gasteiger partial charge < -0.3 is 14.5 Å². The Labute approximate surface area is 188 Å². The van der Waals surface area contributed by atoms with Crippen LogP contribution in [0, 0.1) is 25.7 Å². The van der Waals surface area contributed by atoms with Gasteiger partial charge in [-0.2, -0.15) is 0 Å². The van der Waals surface area contributed by atoms with Crippen molar-refractivity contribution in [2.45, 2.75) is 52.7 Å². The van der Waals surface area contributed by atoms with E-state index < -0.39 is 0 Å².